The second-order valence-corrected chi connectivity index (χ2v) is 3.85. The van der Waals surface area contributed by atoms with Crippen molar-refractivity contribution in [1.29, 1.82) is 5.26 Å². The summed E-state index contributed by atoms with van der Waals surface area (Å²) in [6, 6.07) is 3.11. The highest BCUT2D eigenvalue weighted by Gasteiger charge is 2.33. The lowest BCUT2D eigenvalue weighted by atomic mass is 9.90. The molecule has 13 heavy (non-hydrogen) atoms. The number of fused-ring (bicyclic) bond motifs is 2. The molecule has 2 fully saturated rings. The molecule has 0 aliphatic carbocycles. The van der Waals surface area contributed by atoms with Gasteiger partial charge in [-0.05, 0) is 19.9 Å². The summed E-state index contributed by atoms with van der Waals surface area (Å²) >= 11 is 0. The Kier molecular flexibility index (Phi) is 2.34. The number of rotatable bonds is 0. The second-order valence-electron chi connectivity index (χ2n) is 3.85. The monoisotopic (exact) mass is 178 g/mol. The van der Waals surface area contributed by atoms with Crippen LogP contribution in [0.15, 0.2) is 11.6 Å². The zero-order chi connectivity index (χ0) is 9.26. The molecule has 0 unspecified atom stereocenters. The van der Waals surface area contributed by atoms with Crippen LogP contribution in [-0.2, 0) is 4.74 Å². The van der Waals surface area contributed by atoms with Crippen molar-refractivity contribution >= 4 is 0 Å². The highest BCUT2D eigenvalue weighted by atomic mass is 16.5. The van der Waals surface area contributed by atoms with Gasteiger partial charge in [-0.15, -0.1) is 0 Å². The zero-order valence-electron chi connectivity index (χ0n) is 7.86. The van der Waals surface area contributed by atoms with Crippen molar-refractivity contribution in [1.82, 2.24) is 4.90 Å². The summed E-state index contributed by atoms with van der Waals surface area (Å²) in [5.41, 5.74) is 1.29. The summed E-state index contributed by atoms with van der Waals surface area (Å²) < 4.78 is 5.48. The van der Waals surface area contributed by atoms with Crippen LogP contribution in [0.5, 0.6) is 0 Å². The molecule has 2 aliphatic rings. The van der Waals surface area contributed by atoms with Gasteiger partial charge in [0.15, 0.2) is 0 Å². The molecule has 0 radical (unpaired) electrons. The van der Waals surface area contributed by atoms with Crippen molar-refractivity contribution in [3.05, 3.63) is 11.6 Å². The van der Waals surface area contributed by atoms with E-state index in [1.807, 2.05) is 0 Å². The van der Waals surface area contributed by atoms with E-state index in [9.17, 15) is 0 Å². The summed E-state index contributed by atoms with van der Waals surface area (Å²) in [6.07, 6.45) is 3.71. The number of morpholine rings is 1. The fourth-order valence-electron chi connectivity index (χ4n) is 2.18. The molecule has 0 spiro atoms. The van der Waals surface area contributed by atoms with Gasteiger partial charge >= 0.3 is 0 Å². The predicted molar refractivity (Wildman–Crippen MR) is 49.1 cm³/mol. The molecule has 0 N–H and O–H groups in total. The number of hydrogen-bond donors (Lipinski definition) is 0. The zero-order valence-corrected chi connectivity index (χ0v) is 7.86. The SMILES string of the molecule is CN1[C@@H]2COC[C@H]1CC(=CC#N)C2. The van der Waals surface area contributed by atoms with Gasteiger partial charge in [0.25, 0.3) is 0 Å². The van der Waals surface area contributed by atoms with Crippen LogP contribution in [0.1, 0.15) is 12.8 Å². The Hall–Kier alpha value is -0.850. The van der Waals surface area contributed by atoms with E-state index in [2.05, 4.69) is 18.0 Å². The van der Waals surface area contributed by atoms with Crippen LogP contribution >= 0.6 is 0 Å². The number of nitrogens with zero attached hydrogens (tertiary/aromatic N) is 2. The van der Waals surface area contributed by atoms with Crippen molar-refractivity contribution in [3.63, 3.8) is 0 Å². The quantitative estimate of drug-likeness (QED) is 0.518. The Bertz CT molecular complexity index is 251. The Morgan fingerprint density at radius 2 is 2.08 bits per heavy atom. The van der Waals surface area contributed by atoms with Crippen LogP contribution in [0.3, 0.4) is 0 Å². The van der Waals surface area contributed by atoms with E-state index >= 15 is 0 Å². The molecule has 2 aliphatic heterocycles. The number of piperidine rings is 1. The van der Waals surface area contributed by atoms with Crippen LogP contribution in [0, 0.1) is 11.3 Å². The molecule has 2 heterocycles. The molecule has 0 aromatic rings. The third kappa shape index (κ3) is 1.60. The van der Waals surface area contributed by atoms with Crippen molar-refractivity contribution in [2.24, 2.45) is 0 Å². The molecular formula is C10H14N2O. The van der Waals surface area contributed by atoms with Gasteiger partial charge in [-0.1, -0.05) is 5.57 Å². The molecule has 0 saturated carbocycles. The topological polar surface area (TPSA) is 36.3 Å². The van der Waals surface area contributed by atoms with Crippen LogP contribution in [0.25, 0.3) is 0 Å². The lowest BCUT2D eigenvalue weighted by molar-refractivity contribution is -0.0475. The average molecular weight is 178 g/mol. The Balaban J connectivity index is 2.13. The van der Waals surface area contributed by atoms with Gasteiger partial charge in [-0.25, -0.2) is 0 Å². The van der Waals surface area contributed by atoms with Crippen molar-refractivity contribution < 1.29 is 4.74 Å². The van der Waals surface area contributed by atoms with Crippen LogP contribution in [0.4, 0.5) is 0 Å². The van der Waals surface area contributed by atoms with E-state index in [1.54, 1.807) is 6.08 Å². The summed E-state index contributed by atoms with van der Waals surface area (Å²) in [5.74, 6) is 0. The molecule has 70 valence electrons. The summed E-state index contributed by atoms with van der Waals surface area (Å²) in [5, 5.41) is 8.58. The van der Waals surface area contributed by atoms with Crippen molar-refractivity contribution in [2.75, 3.05) is 20.3 Å². The van der Waals surface area contributed by atoms with Crippen molar-refractivity contribution in [3.8, 4) is 6.07 Å². The molecular weight excluding hydrogens is 164 g/mol. The minimum atomic E-state index is 0.493. The maximum atomic E-state index is 8.58. The molecule has 0 amide bonds. The Morgan fingerprint density at radius 3 is 2.62 bits per heavy atom. The lowest BCUT2D eigenvalue weighted by Gasteiger charge is -2.44. The summed E-state index contributed by atoms with van der Waals surface area (Å²) in [4.78, 5) is 2.39. The van der Waals surface area contributed by atoms with Crippen LogP contribution in [-0.4, -0.2) is 37.2 Å². The molecule has 3 nitrogen and oxygen atoms in total. The minimum Gasteiger partial charge on any atom is -0.378 e. The maximum absolute atomic E-state index is 8.58. The highest BCUT2D eigenvalue weighted by molar-refractivity contribution is 5.19. The van der Waals surface area contributed by atoms with Crippen LogP contribution < -0.4 is 0 Å². The van der Waals surface area contributed by atoms with Gasteiger partial charge < -0.3 is 4.74 Å². The average Bonchev–Trinajstić information content (AvgIpc) is 2.07. The predicted octanol–water partition coefficient (Wildman–Crippen LogP) is 0.929. The highest BCUT2D eigenvalue weighted by Crippen LogP contribution is 2.29. The fraction of sp³-hybridized carbons (Fsp3) is 0.700. The van der Waals surface area contributed by atoms with E-state index in [0.29, 0.717) is 12.1 Å². The number of nitriles is 1. The Labute approximate surface area is 78.6 Å². The summed E-state index contributed by atoms with van der Waals surface area (Å²) in [6.45, 7) is 1.63. The third-order valence-corrected chi connectivity index (χ3v) is 3.04. The molecule has 0 aromatic carbocycles. The van der Waals surface area contributed by atoms with Gasteiger partial charge in [0, 0.05) is 18.2 Å². The van der Waals surface area contributed by atoms with Gasteiger partial charge in [0.05, 0.1) is 19.3 Å². The molecule has 2 atom stereocenters. The second kappa shape index (κ2) is 3.49. The molecule has 2 rings (SSSR count). The number of hydrogen-bond acceptors (Lipinski definition) is 3. The first kappa shape index (κ1) is 8.74. The fourth-order valence-corrected chi connectivity index (χ4v) is 2.18. The number of ether oxygens (including phenoxy) is 1. The van der Waals surface area contributed by atoms with Crippen LogP contribution in [0.2, 0.25) is 0 Å². The largest absolute Gasteiger partial charge is 0.378 e. The summed E-state index contributed by atoms with van der Waals surface area (Å²) in [7, 11) is 2.15. The maximum Gasteiger partial charge on any atom is 0.0911 e. The minimum absolute atomic E-state index is 0.493. The van der Waals surface area contributed by atoms with E-state index in [-0.39, 0.29) is 0 Å². The number of allylic oxidation sites excluding steroid dienone is 1. The normalized spacial score (nSPS) is 37.4. The van der Waals surface area contributed by atoms with E-state index in [4.69, 9.17) is 10.00 Å². The van der Waals surface area contributed by atoms with Gasteiger partial charge in [0.1, 0.15) is 0 Å². The third-order valence-electron chi connectivity index (χ3n) is 3.04. The van der Waals surface area contributed by atoms with E-state index < -0.39 is 0 Å². The van der Waals surface area contributed by atoms with Gasteiger partial charge in [0.2, 0.25) is 0 Å². The molecule has 2 bridgehead atoms. The first-order chi connectivity index (χ1) is 6.31. The molecule has 2 saturated heterocycles. The first-order valence-electron chi connectivity index (χ1n) is 4.68. The van der Waals surface area contributed by atoms with Gasteiger partial charge in [-0.3, -0.25) is 4.90 Å². The Morgan fingerprint density at radius 1 is 1.46 bits per heavy atom. The first-order valence-corrected chi connectivity index (χ1v) is 4.68. The van der Waals surface area contributed by atoms with Gasteiger partial charge in [-0.2, -0.15) is 5.26 Å². The lowest BCUT2D eigenvalue weighted by Crippen LogP contribution is -2.53. The smallest absolute Gasteiger partial charge is 0.0911 e. The number of likely N-dealkylation sites (N-methyl/N-ethyl adjacent to an activating group) is 1. The molecule has 3 heteroatoms. The van der Waals surface area contributed by atoms with Crippen molar-refractivity contribution in [2.45, 2.75) is 24.9 Å². The van der Waals surface area contributed by atoms with E-state index in [1.165, 1.54) is 5.57 Å². The molecule has 0 aromatic heterocycles. The van der Waals surface area contributed by atoms with E-state index in [0.717, 1.165) is 26.1 Å². The standard InChI is InChI=1S/C10H14N2O/c1-12-9-4-8(2-3-11)5-10(12)7-13-6-9/h2,9-10H,4-7H2,1H3/t9-,10+.